The van der Waals surface area contributed by atoms with Crippen molar-refractivity contribution < 1.29 is 28.6 Å². The Balaban J connectivity index is 1.49. The average molecular weight is 474 g/mol. The van der Waals surface area contributed by atoms with Crippen LogP contribution in [0.5, 0.6) is 5.75 Å². The first kappa shape index (κ1) is 23.5. The summed E-state index contributed by atoms with van der Waals surface area (Å²) in [6.45, 7) is 1.87. The maximum absolute atomic E-state index is 12.5. The summed E-state index contributed by atoms with van der Waals surface area (Å²) in [7, 11) is 0. The van der Waals surface area contributed by atoms with Gasteiger partial charge in [0.05, 0.1) is 13.2 Å². The van der Waals surface area contributed by atoms with Crippen molar-refractivity contribution in [1.82, 2.24) is 0 Å². The highest BCUT2D eigenvalue weighted by Gasteiger charge is 2.23. The van der Waals surface area contributed by atoms with E-state index in [2.05, 4.69) is 5.32 Å². The van der Waals surface area contributed by atoms with Crippen molar-refractivity contribution in [2.24, 2.45) is 0 Å². The second-order valence-corrected chi connectivity index (χ2v) is 8.35. The van der Waals surface area contributed by atoms with E-state index in [1.54, 1.807) is 12.3 Å². The second-order valence-electron chi connectivity index (χ2n) is 6.53. The molecule has 7 nitrogen and oxygen atoms in total. The molecule has 0 atom stereocenters. The van der Waals surface area contributed by atoms with Gasteiger partial charge in [0.25, 0.3) is 5.91 Å². The molecule has 3 aromatic rings. The minimum atomic E-state index is -0.524. The van der Waals surface area contributed by atoms with Crippen LogP contribution in [-0.4, -0.2) is 37.7 Å². The Morgan fingerprint density at radius 3 is 2.53 bits per heavy atom. The Hall–Kier alpha value is -3.17. The molecular formula is C23H23NO6S2. The van der Waals surface area contributed by atoms with Gasteiger partial charge in [-0.05, 0) is 36.9 Å². The van der Waals surface area contributed by atoms with Gasteiger partial charge in [-0.2, -0.15) is 0 Å². The van der Waals surface area contributed by atoms with Crippen LogP contribution in [-0.2, 0) is 19.1 Å². The number of thiophene rings is 2. The van der Waals surface area contributed by atoms with E-state index in [0.717, 1.165) is 10.6 Å². The minimum absolute atomic E-state index is 0.135. The molecule has 168 valence electrons. The van der Waals surface area contributed by atoms with Gasteiger partial charge in [-0.15, -0.1) is 22.7 Å². The zero-order chi connectivity index (χ0) is 22.8. The van der Waals surface area contributed by atoms with E-state index in [9.17, 15) is 14.4 Å². The Morgan fingerprint density at radius 2 is 1.81 bits per heavy atom. The molecule has 32 heavy (non-hydrogen) atoms. The summed E-state index contributed by atoms with van der Waals surface area (Å²) >= 11 is 2.71. The number of rotatable bonds is 11. The van der Waals surface area contributed by atoms with E-state index < -0.39 is 24.5 Å². The highest BCUT2D eigenvalue weighted by molar-refractivity contribution is 7.17. The Morgan fingerprint density at radius 1 is 1.00 bits per heavy atom. The lowest BCUT2D eigenvalue weighted by atomic mass is 10.1. The fourth-order valence-corrected chi connectivity index (χ4v) is 4.56. The number of nitrogens with one attached hydrogen (secondary N) is 1. The van der Waals surface area contributed by atoms with Crippen molar-refractivity contribution in [3.05, 3.63) is 58.8 Å². The van der Waals surface area contributed by atoms with Crippen molar-refractivity contribution in [3.63, 3.8) is 0 Å². The molecule has 1 N–H and O–H groups in total. The third-order valence-corrected chi connectivity index (χ3v) is 6.01. The van der Waals surface area contributed by atoms with Crippen LogP contribution < -0.4 is 10.1 Å². The molecule has 0 bridgehead atoms. The summed E-state index contributed by atoms with van der Waals surface area (Å²) in [5.74, 6) is -0.796. The van der Waals surface area contributed by atoms with Gasteiger partial charge in [-0.3, -0.25) is 9.59 Å². The van der Waals surface area contributed by atoms with E-state index in [4.69, 9.17) is 14.2 Å². The largest absolute Gasteiger partial charge is 0.494 e. The molecule has 0 radical (unpaired) electrons. The SMILES string of the molecule is CCOC(=O)c1c(-c2cccs2)csc1NC(=O)COC(=O)CCCOc1ccccc1. The van der Waals surface area contributed by atoms with Gasteiger partial charge in [0, 0.05) is 22.2 Å². The van der Waals surface area contributed by atoms with Crippen LogP contribution in [0.2, 0.25) is 0 Å². The van der Waals surface area contributed by atoms with Gasteiger partial charge in [0.15, 0.2) is 6.61 Å². The molecule has 0 fully saturated rings. The summed E-state index contributed by atoms with van der Waals surface area (Å²) in [4.78, 5) is 37.6. The molecule has 1 amide bonds. The number of amides is 1. The predicted molar refractivity (Wildman–Crippen MR) is 124 cm³/mol. The number of benzene rings is 1. The molecule has 0 saturated heterocycles. The second kappa shape index (κ2) is 12.0. The van der Waals surface area contributed by atoms with Crippen molar-refractivity contribution in [2.45, 2.75) is 19.8 Å². The van der Waals surface area contributed by atoms with Crippen LogP contribution in [0.15, 0.2) is 53.2 Å². The highest BCUT2D eigenvalue weighted by atomic mass is 32.1. The molecule has 0 aliphatic rings. The van der Waals surface area contributed by atoms with E-state index in [-0.39, 0.29) is 13.0 Å². The molecule has 0 spiro atoms. The minimum Gasteiger partial charge on any atom is -0.494 e. The van der Waals surface area contributed by atoms with Crippen LogP contribution in [0.25, 0.3) is 10.4 Å². The topological polar surface area (TPSA) is 90.9 Å². The third kappa shape index (κ3) is 6.66. The standard InChI is InChI=1S/C23H23NO6S2/c1-2-28-23(27)21-17(18-10-7-13-31-18)15-32-22(21)24-19(25)14-30-20(26)11-6-12-29-16-8-4-3-5-9-16/h3-5,7-10,13,15H,2,6,11-12,14H2,1H3,(H,24,25). The van der Waals surface area contributed by atoms with Crippen molar-refractivity contribution in [2.75, 3.05) is 25.1 Å². The summed E-state index contributed by atoms with van der Waals surface area (Å²) in [5.41, 5.74) is 1.01. The van der Waals surface area contributed by atoms with Gasteiger partial charge in [-0.1, -0.05) is 24.3 Å². The van der Waals surface area contributed by atoms with E-state index in [1.165, 1.54) is 22.7 Å². The van der Waals surface area contributed by atoms with Gasteiger partial charge in [0.1, 0.15) is 16.3 Å². The van der Waals surface area contributed by atoms with E-state index in [0.29, 0.717) is 29.2 Å². The monoisotopic (exact) mass is 473 g/mol. The number of hydrogen-bond donors (Lipinski definition) is 1. The number of hydrogen-bond acceptors (Lipinski definition) is 8. The zero-order valence-electron chi connectivity index (χ0n) is 17.5. The summed E-state index contributed by atoms with van der Waals surface area (Å²) in [5, 5.41) is 6.73. The molecule has 1 aromatic carbocycles. The normalized spacial score (nSPS) is 10.4. The van der Waals surface area contributed by atoms with Crippen molar-refractivity contribution >= 4 is 45.5 Å². The molecule has 9 heteroatoms. The van der Waals surface area contributed by atoms with Crippen molar-refractivity contribution in [3.8, 4) is 16.2 Å². The Bertz CT molecular complexity index is 1030. The van der Waals surface area contributed by atoms with Gasteiger partial charge < -0.3 is 19.5 Å². The maximum atomic E-state index is 12.5. The molecule has 2 heterocycles. The van der Waals surface area contributed by atoms with Gasteiger partial charge in [-0.25, -0.2) is 4.79 Å². The van der Waals surface area contributed by atoms with Crippen LogP contribution in [0.4, 0.5) is 5.00 Å². The number of carbonyl (C=O) groups excluding carboxylic acids is 3. The molecule has 0 aliphatic carbocycles. The number of para-hydroxylation sites is 1. The predicted octanol–water partition coefficient (Wildman–Crippen LogP) is 4.99. The lowest BCUT2D eigenvalue weighted by molar-refractivity contribution is -0.147. The Kier molecular flexibility index (Phi) is 8.82. The van der Waals surface area contributed by atoms with Crippen LogP contribution in [0.1, 0.15) is 30.1 Å². The first-order chi connectivity index (χ1) is 15.6. The van der Waals surface area contributed by atoms with E-state index in [1.807, 2.05) is 47.8 Å². The van der Waals surface area contributed by atoms with Crippen LogP contribution in [0, 0.1) is 0 Å². The number of esters is 2. The lowest BCUT2D eigenvalue weighted by Crippen LogP contribution is -2.21. The van der Waals surface area contributed by atoms with Gasteiger partial charge >= 0.3 is 11.9 Å². The highest BCUT2D eigenvalue weighted by Crippen LogP contribution is 2.38. The van der Waals surface area contributed by atoms with Crippen LogP contribution in [0.3, 0.4) is 0 Å². The van der Waals surface area contributed by atoms with Crippen LogP contribution >= 0.6 is 22.7 Å². The molecule has 3 rings (SSSR count). The first-order valence-corrected chi connectivity index (χ1v) is 11.8. The summed E-state index contributed by atoms with van der Waals surface area (Å²) < 4.78 is 15.7. The number of carbonyl (C=O) groups is 3. The molecular weight excluding hydrogens is 450 g/mol. The van der Waals surface area contributed by atoms with Crippen molar-refractivity contribution in [1.29, 1.82) is 0 Å². The first-order valence-electron chi connectivity index (χ1n) is 10.0. The molecule has 0 saturated carbocycles. The molecule has 0 aliphatic heterocycles. The number of anilines is 1. The molecule has 2 aromatic heterocycles. The maximum Gasteiger partial charge on any atom is 0.341 e. The summed E-state index contributed by atoms with van der Waals surface area (Å²) in [6, 6.07) is 13.1. The quantitative estimate of drug-likeness (QED) is 0.312. The third-order valence-electron chi connectivity index (χ3n) is 4.21. The average Bonchev–Trinajstić information content (AvgIpc) is 3.46. The number of ether oxygens (including phenoxy) is 3. The summed E-state index contributed by atoms with van der Waals surface area (Å²) in [6.07, 6.45) is 0.604. The fraction of sp³-hybridized carbons (Fsp3) is 0.261. The fourth-order valence-electron chi connectivity index (χ4n) is 2.77. The smallest absolute Gasteiger partial charge is 0.341 e. The Labute approximate surface area is 193 Å². The molecule has 0 unspecified atom stereocenters. The van der Waals surface area contributed by atoms with Gasteiger partial charge in [0.2, 0.25) is 0 Å². The zero-order valence-corrected chi connectivity index (χ0v) is 19.1. The van der Waals surface area contributed by atoms with E-state index >= 15 is 0 Å². The lowest BCUT2D eigenvalue weighted by Gasteiger charge is -2.09.